The lowest BCUT2D eigenvalue weighted by molar-refractivity contribution is 0.0921. The number of halogens is 1. The van der Waals surface area contributed by atoms with E-state index in [0.717, 1.165) is 23.7 Å². The molecule has 3 rings (SSSR count). The summed E-state index contributed by atoms with van der Waals surface area (Å²) in [7, 11) is 0. The predicted molar refractivity (Wildman–Crippen MR) is 104 cm³/mol. The van der Waals surface area contributed by atoms with Crippen LogP contribution >= 0.6 is 22.6 Å². The normalized spacial score (nSPS) is 31.7. The van der Waals surface area contributed by atoms with Crippen molar-refractivity contribution in [2.75, 3.05) is 0 Å². The number of hydrogen-bond acceptors (Lipinski definition) is 0. The van der Waals surface area contributed by atoms with Gasteiger partial charge in [0.25, 0.3) is 0 Å². The average molecular weight is 410 g/mol. The minimum absolute atomic E-state index is 1.00. The van der Waals surface area contributed by atoms with Crippen LogP contribution in [0.5, 0.6) is 0 Å². The van der Waals surface area contributed by atoms with Crippen molar-refractivity contribution in [2.24, 2.45) is 23.7 Å². The maximum Gasteiger partial charge on any atom is 0.0130 e. The molecule has 1 aromatic rings. The Kier molecular flexibility index (Phi) is 6.24. The van der Waals surface area contributed by atoms with Crippen molar-refractivity contribution in [1.29, 1.82) is 0 Å². The highest BCUT2D eigenvalue weighted by molar-refractivity contribution is 14.1. The fourth-order valence-corrected chi connectivity index (χ4v) is 5.40. The van der Waals surface area contributed by atoms with E-state index in [-0.39, 0.29) is 0 Å². The molecule has 0 spiro atoms. The fraction of sp³-hybridized carbons (Fsp3) is 0.714. The lowest BCUT2D eigenvalue weighted by Crippen LogP contribution is -2.31. The first-order chi connectivity index (χ1) is 10.7. The minimum atomic E-state index is 1.00. The van der Waals surface area contributed by atoms with Crippen LogP contribution in [0.25, 0.3) is 0 Å². The van der Waals surface area contributed by atoms with E-state index in [9.17, 15) is 0 Å². The van der Waals surface area contributed by atoms with Crippen molar-refractivity contribution in [3.05, 3.63) is 33.4 Å². The fourth-order valence-electron chi connectivity index (χ4n) is 5.04. The molecule has 0 aromatic heterocycles. The molecular weight excluding hydrogens is 379 g/mol. The van der Waals surface area contributed by atoms with Gasteiger partial charge in [-0.2, -0.15) is 0 Å². The molecule has 1 heteroatoms. The molecule has 4 unspecified atom stereocenters. The molecule has 122 valence electrons. The number of hydrogen-bond donors (Lipinski definition) is 0. The quantitative estimate of drug-likeness (QED) is 0.466. The second-order valence-electron chi connectivity index (χ2n) is 7.83. The lowest BCUT2D eigenvalue weighted by Gasteiger charge is -2.42. The van der Waals surface area contributed by atoms with Crippen molar-refractivity contribution in [3.63, 3.8) is 0 Å². The van der Waals surface area contributed by atoms with Gasteiger partial charge in [-0.1, -0.05) is 44.7 Å². The first-order valence-corrected chi connectivity index (χ1v) is 10.6. The van der Waals surface area contributed by atoms with E-state index in [4.69, 9.17) is 0 Å². The van der Waals surface area contributed by atoms with Gasteiger partial charge in [-0.15, -0.1) is 0 Å². The summed E-state index contributed by atoms with van der Waals surface area (Å²) in [6.45, 7) is 2.35. The number of aryl methyl sites for hydroxylation is 1. The van der Waals surface area contributed by atoms with Crippen LogP contribution in [-0.4, -0.2) is 0 Å². The molecule has 22 heavy (non-hydrogen) atoms. The molecule has 0 aliphatic heterocycles. The van der Waals surface area contributed by atoms with Gasteiger partial charge in [0.2, 0.25) is 0 Å². The van der Waals surface area contributed by atoms with Crippen LogP contribution in [-0.2, 0) is 6.42 Å². The third kappa shape index (κ3) is 4.49. The Balaban J connectivity index is 1.45. The van der Waals surface area contributed by atoms with Crippen molar-refractivity contribution >= 4 is 22.6 Å². The first kappa shape index (κ1) is 16.8. The molecule has 2 saturated carbocycles. The van der Waals surface area contributed by atoms with Gasteiger partial charge in [-0.3, -0.25) is 0 Å². The van der Waals surface area contributed by atoms with Crippen molar-refractivity contribution in [3.8, 4) is 0 Å². The van der Waals surface area contributed by atoms with E-state index in [1.807, 2.05) is 0 Å². The summed E-state index contributed by atoms with van der Waals surface area (Å²) in [5.74, 6) is 4.22. The van der Waals surface area contributed by atoms with Crippen molar-refractivity contribution in [1.82, 2.24) is 0 Å². The van der Waals surface area contributed by atoms with Gasteiger partial charge in [-0.25, -0.2) is 0 Å². The molecule has 0 saturated heterocycles. The number of fused-ring (bicyclic) bond motifs is 1. The Hall–Kier alpha value is -0.0500. The smallest absolute Gasteiger partial charge is 0.0130 e. The third-order valence-corrected chi connectivity index (χ3v) is 7.00. The third-order valence-electron chi connectivity index (χ3n) is 6.28. The largest absolute Gasteiger partial charge is 0.0654 e. The van der Waals surface area contributed by atoms with Crippen LogP contribution in [0.2, 0.25) is 0 Å². The summed E-state index contributed by atoms with van der Waals surface area (Å²) >= 11 is 2.40. The molecule has 0 bridgehead atoms. The molecule has 4 atom stereocenters. The van der Waals surface area contributed by atoms with Crippen LogP contribution < -0.4 is 0 Å². The molecule has 0 amide bonds. The highest BCUT2D eigenvalue weighted by atomic mass is 127. The second-order valence-corrected chi connectivity index (χ2v) is 9.08. The van der Waals surface area contributed by atoms with Crippen LogP contribution in [0.3, 0.4) is 0 Å². The maximum absolute atomic E-state index is 2.40. The standard InChI is InChI=1S/C21H31I/c1-2-3-17-6-10-20-15-18(7-11-19(20)14-17)5-4-16-8-12-21(22)13-9-16/h8-9,12-13,17-20H,2-7,10-11,14-15H2,1H3. The lowest BCUT2D eigenvalue weighted by atomic mass is 9.63. The van der Waals surface area contributed by atoms with Crippen LogP contribution in [0, 0.1) is 27.2 Å². The molecule has 0 radical (unpaired) electrons. The Morgan fingerprint density at radius 2 is 1.45 bits per heavy atom. The molecule has 2 aliphatic carbocycles. The van der Waals surface area contributed by atoms with Crippen LogP contribution in [0.1, 0.15) is 70.3 Å². The minimum Gasteiger partial charge on any atom is -0.0654 e. The molecule has 1 aromatic carbocycles. The van der Waals surface area contributed by atoms with Gasteiger partial charge in [0, 0.05) is 3.57 Å². The molecule has 2 fully saturated rings. The van der Waals surface area contributed by atoms with E-state index >= 15 is 0 Å². The monoisotopic (exact) mass is 410 g/mol. The molecular formula is C21H31I. The van der Waals surface area contributed by atoms with Gasteiger partial charge in [0.15, 0.2) is 0 Å². The number of benzene rings is 1. The topological polar surface area (TPSA) is 0 Å². The van der Waals surface area contributed by atoms with Gasteiger partial charge < -0.3 is 0 Å². The SMILES string of the molecule is CCCC1CCC2CC(CCc3ccc(I)cc3)CCC2C1. The first-order valence-electron chi connectivity index (χ1n) is 9.49. The maximum atomic E-state index is 2.40. The van der Waals surface area contributed by atoms with E-state index < -0.39 is 0 Å². The molecule has 0 heterocycles. The van der Waals surface area contributed by atoms with E-state index in [1.165, 1.54) is 66.9 Å². The molecule has 0 N–H and O–H groups in total. The van der Waals surface area contributed by atoms with E-state index in [0.29, 0.717) is 0 Å². The average Bonchev–Trinajstić information content (AvgIpc) is 2.54. The number of rotatable bonds is 5. The Morgan fingerprint density at radius 1 is 0.864 bits per heavy atom. The van der Waals surface area contributed by atoms with Gasteiger partial charge in [0.1, 0.15) is 0 Å². The van der Waals surface area contributed by atoms with E-state index in [1.54, 1.807) is 6.42 Å². The Labute approximate surface area is 150 Å². The van der Waals surface area contributed by atoms with Crippen molar-refractivity contribution < 1.29 is 0 Å². The zero-order valence-electron chi connectivity index (χ0n) is 14.1. The van der Waals surface area contributed by atoms with Crippen molar-refractivity contribution in [2.45, 2.75) is 71.1 Å². The van der Waals surface area contributed by atoms with E-state index in [2.05, 4.69) is 53.8 Å². The zero-order chi connectivity index (χ0) is 15.4. The highest BCUT2D eigenvalue weighted by Crippen LogP contribution is 2.46. The Morgan fingerprint density at radius 3 is 2.05 bits per heavy atom. The predicted octanol–water partition coefficient (Wildman–Crippen LogP) is 6.86. The summed E-state index contributed by atoms with van der Waals surface area (Å²) in [5.41, 5.74) is 1.54. The second kappa shape index (κ2) is 8.17. The molecule has 0 nitrogen and oxygen atoms in total. The molecule has 2 aliphatic rings. The summed E-state index contributed by atoms with van der Waals surface area (Å²) < 4.78 is 1.35. The van der Waals surface area contributed by atoms with Gasteiger partial charge >= 0.3 is 0 Å². The summed E-state index contributed by atoms with van der Waals surface area (Å²) in [6, 6.07) is 9.15. The zero-order valence-corrected chi connectivity index (χ0v) is 16.2. The van der Waals surface area contributed by atoms with Crippen LogP contribution in [0.4, 0.5) is 0 Å². The Bertz CT molecular complexity index is 449. The summed E-state index contributed by atoms with van der Waals surface area (Å²) in [6.07, 6.45) is 14.8. The summed E-state index contributed by atoms with van der Waals surface area (Å²) in [4.78, 5) is 0. The van der Waals surface area contributed by atoms with Gasteiger partial charge in [-0.05, 0) is 102 Å². The summed E-state index contributed by atoms with van der Waals surface area (Å²) in [5, 5.41) is 0. The van der Waals surface area contributed by atoms with Crippen LogP contribution in [0.15, 0.2) is 24.3 Å². The van der Waals surface area contributed by atoms with Gasteiger partial charge in [0.05, 0.1) is 0 Å². The highest BCUT2D eigenvalue weighted by Gasteiger charge is 2.34.